The third kappa shape index (κ3) is 5.72. The normalized spacial score (nSPS) is 17.6. The molecule has 10 heteroatoms. The van der Waals surface area contributed by atoms with Gasteiger partial charge >= 0.3 is 0 Å². The average molecular weight is 592 g/mol. The van der Waals surface area contributed by atoms with E-state index in [9.17, 15) is 9.59 Å². The van der Waals surface area contributed by atoms with Crippen LogP contribution in [0.15, 0.2) is 60.4 Å². The number of likely N-dealkylation sites (tertiary alicyclic amines) is 1. The quantitative estimate of drug-likeness (QED) is 0.300. The van der Waals surface area contributed by atoms with Crippen molar-refractivity contribution in [2.24, 2.45) is 0 Å². The topological polar surface area (TPSA) is 80.8 Å². The molecule has 6 rings (SSSR count). The Morgan fingerprint density at radius 2 is 1.66 bits per heavy atom. The largest absolute Gasteiger partial charge is 0.386 e. The first-order valence-electron chi connectivity index (χ1n) is 14.1. The van der Waals surface area contributed by atoms with Crippen LogP contribution in [0.5, 0.6) is 0 Å². The Morgan fingerprint density at radius 3 is 2.24 bits per heavy atom. The van der Waals surface area contributed by atoms with E-state index in [1.54, 1.807) is 18.2 Å². The maximum atomic E-state index is 13.7. The van der Waals surface area contributed by atoms with Crippen LogP contribution in [0.4, 0.5) is 22.9 Å². The molecule has 3 aromatic rings. The van der Waals surface area contributed by atoms with Crippen molar-refractivity contribution in [3.8, 4) is 0 Å². The number of hydrogen-bond donors (Lipinski definition) is 2. The zero-order valence-electron chi connectivity index (χ0n) is 22.7. The number of carbonyl (C=O) groups excluding carboxylic acids is 2. The molecule has 2 amide bonds. The SMILES string of the molecule is O=CN(c1ccc(Cl)cn1)c1cc(Cl)cc(N2CCCCC2)c1NC(=O)c1ccc(C(=C2CCN2)N2CCC2)cc1. The summed E-state index contributed by atoms with van der Waals surface area (Å²) in [7, 11) is 0. The van der Waals surface area contributed by atoms with Crippen molar-refractivity contribution in [3.05, 3.63) is 81.6 Å². The lowest BCUT2D eigenvalue weighted by atomic mass is 9.99. The lowest BCUT2D eigenvalue weighted by Gasteiger charge is -2.39. The number of aromatic nitrogens is 1. The molecule has 0 aliphatic carbocycles. The summed E-state index contributed by atoms with van der Waals surface area (Å²) in [6.07, 6.45) is 7.62. The van der Waals surface area contributed by atoms with Gasteiger partial charge in [0, 0.05) is 61.6 Å². The second kappa shape index (κ2) is 12.0. The minimum atomic E-state index is -0.270. The molecule has 212 valence electrons. The van der Waals surface area contributed by atoms with Crippen molar-refractivity contribution in [2.45, 2.75) is 32.1 Å². The van der Waals surface area contributed by atoms with Gasteiger partial charge in [-0.25, -0.2) is 4.98 Å². The summed E-state index contributed by atoms with van der Waals surface area (Å²) in [6, 6.07) is 14.6. The molecular formula is C31H32Cl2N6O2. The predicted molar refractivity (Wildman–Crippen MR) is 165 cm³/mol. The third-order valence-electron chi connectivity index (χ3n) is 7.91. The van der Waals surface area contributed by atoms with Gasteiger partial charge in [0.25, 0.3) is 5.91 Å². The van der Waals surface area contributed by atoms with Gasteiger partial charge in [0.1, 0.15) is 5.82 Å². The maximum Gasteiger partial charge on any atom is 0.255 e. The number of benzene rings is 2. The number of halogens is 2. The number of hydrogen-bond acceptors (Lipinski definition) is 6. The highest BCUT2D eigenvalue weighted by Crippen LogP contribution is 2.42. The number of amides is 2. The lowest BCUT2D eigenvalue weighted by Crippen LogP contribution is -2.40. The van der Waals surface area contributed by atoms with Gasteiger partial charge in [0.15, 0.2) is 0 Å². The van der Waals surface area contributed by atoms with Gasteiger partial charge in [-0.05, 0) is 67.6 Å². The fraction of sp³-hybridized carbons (Fsp3) is 0.323. The highest BCUT2D eigenvalue weighted by molar-refractivity contribution is 6.32. The number of anilines is 4. The molecule has 0 unspecified atom stereocenters. The standard InChI is InChI=1S/C31H32Cl2N6O2/c32-23-9-10-28(35-19-23)39(20-40)27-18-24(33)17-26(37-13-2-1-3-14-37)29(27)36-31(41)22-7-5-21(6-8-22)30(25-11-12-34-25)38-15-4-16-38/h5-10,17-20,34H,1-4,11-16H2,(H,36,41). The van der Waals surface area contributed by atoms with E-state index >= 15 is 0 Å². The van der Waals surface area contributed by atoms with Crippen LogP contribution in [0.2, 0.25) is 10.0 Å². The van der Waals surface area contributed by atoms with E-state index in [1.807, 2.05) is 30.3 Å². The first-order chi connectivity index (χ1) is 20.0. The Balaban J connectivity index is 1.35. The molecule has 4 heterocycles. The third-order valence-corrected chi connectivity index (χ3v) is 8.35. The summed E-state index contributed by atoms with van der Waals surface area (Å²) in [6.45, 7) is 4.77. The number of nitrogens with zero attached hydrogens (tertiary/aromatic N) is 4. The molecule has 2 aromatic carbocycles. The summed E-state index contributed by atoms with van der Waals surface area (Å²) >= 11 is 12.7. The van der Waals surface area contributed by atoms with E-state index in [2.05, 4.69) is 25.4 Å². The fourth-order valence-electron chi connectivity index (χ4n) is 5.53. The van der Waals surface area contributed by atoms with E-state index in [0.717, 1.165) is 69.7 Å². The van der Waals surface area contributed by atoms with Gasteiger partial charge < -0.3 is 20.4 Å². The molecule has 3 saturated heterocycles. The smallest absolute Gasteiger partial charge is 0.255 e. The molecule has 0 radical (unpaired) electrons. The summed E-state index contributed by atoms with van der Waals surface area (Å²) in [5, 5.41) is 7.48. The monoisotopic (exact) mass is 590 g/mol. The van der Waals surface area contributed by atoms with Gasteiger partial charge in [-0.2, -0.15) is 0 Å². The van der Waals surface area contributed by atoms with Crippen LogP contribution in [0.1, 0.15) is 48.0 Å². The molecule has 2 N–H and O–H groups in total. The Morgan fingerprint density at radius 1 is 0.927 bits per heavy atom. The van der Waals surface area contributed by atoms with Crippen LogP contribution in [-0.4, -0.2) is 54.9 Å². The van der Waals surface area contributed by atoms with Gasteiger partial charge in [-0.3, -0.25) is 14.5 Å². The average Bonchev–Trinajstić information content (AvgIpc) is 2.94. The van der Waals surface area contributed by atoms with Crippen LogP contribution < -0.4 is 20.4 Å². The molecule has 3 aliphatic heterocycles. The van der Waals surface area contributed by atoms with Crippen molar-refractivity contribution < 1.29 is 9.59 Å². The second-order valence-electron chi connectivity index (χ2n) is 10.6. The number of piperidine rings is 1. The van der Waals surface area contributed by atoms with Crippen LogP contribution in [0, 0.1) is 0 Å². The second-order valence-corrected chi connectivity index (χ2v) is 11.4. The molecule has 0 saturated carbocycles. The summed E-state index contributed by atoms with van der Waals surface area (Å²) in [5.74, 6) is 0.0977. The van der Waals surface area contributed by atoms with Crippen molar-refractivity contribution in [1.29, 1.82) is 0 Å². The maximum absolute atomic E-state index is 13.7. The molecular weight excluding hydrogens is 559 g/mol. The van der Waals surface area contributed by atoms with Crippen molar-refractivity contribution in [1.82, 2.24) is 15.2 Å². The van der Waals surface area contributed by atoms with E-state index < -0.39 is 0 Å². The van der Waals surface area contributed by atoms with Crippen molar-refractivity contribution in [3.63, 3.8) is 0 Å². The molecule has 8 nitrogen and oxygen atoms in total. The molecule has 0 bridgehead atoms. The molecule has 3 fully saturated rings. The Labute approximate surface area is 249 Å². The minimum Gasteiger partial charge on any atom is -0.386 e. The van der Waals surface area contributed by atoms with Crippen molar-refractivity contribution >= 4 is 64.1 Å². The number of pyridine rings is 1. The van der Waals surface area contributed by atoms with E-state index in [0.29, 0.717) is 39.2 Å². The number of rotatable bonds is 8. The lowest BCUT2D eigenvalue weighted by molar-refractivity contribution is -0.106. The fourth-order valence-corrected chi connectivity index (χ4v) is 5.85. The first kappa shape index (κ1) is 27.4. The zero-order chi connectivity index (χ0) is 28.3. The highest BCUT2D eigenvalue weighted by Gasteiger charge is 2.26. The van der Waals surface area contributed by atoms with Crippen LogP contribution >= 0.6 is 23.2 Å². The molecule has 3 aliphatic rings. The van der Waals surface area contributed by atoms with E-state index in [1.165, 1.54) is 28.9 Å². The number of nitrogens with one attached hydrogen (secondary N) is 2. The molecule has 41 heavy (non-hydrogen) atoms. The van der Waals surface area contributed by atoms with Gasteiger partial charge in [0.2, 0.25) is 6.41 Å². The van der Waals surface area contributed by atoms with Crippen LogP contribution in [0.3, 0.4) is 0 Å². The predicted octanol–water partition coefficient (Wildman–Crippen LogP) is 6.29. The summed E-state index contributed by atoms with van der Waals surface area (Å²) < 4.78 is 0. The van der Waals surface area contributed by atoms with Gasteiger partial charge in [-0.1, -0.05) is 35.3 Å². The minimum absolute atomic E-state index is 0.270. The molecule has 0 atom stereocenters. The zero-order valence-corrected chi connectivity index (χ0v) is 24.2. The highest BCUT2D eigenvalue weighted by atomic mass is 35.5. The van der Waals surface area contributed by atoms with Crippen LogP contribution in [-0.2, 0) is 4.79 Å². The summed E-state index contributed by atoms with van der Waals surface area (Å²) in [4.78, 5) is 36.5. The number of carbonyl (C=O) groups is 2. The Hall–Kier alpha value is -3.75. The van der Waals surface area contributed by atoms with Crippen LogP contribution in [0.25, 0.3) is 5.70 Å². The van der Waals surface area contributed by atoms with E-state index in [4.69, 9.17) is 23.2 Å². The summed E-state index contributed by atoms with van der Waals surface area (Å²) in [5.41, 5.74) is 5.85. The Kier molecular flexibility index (Phi) is 8.03. The Bertz CT molecular complexity index is 1460. The molecule has 0 spiro atoms. The van der Waals surface area contributed by atoms with Gasteiger partial charge in [0.05, 0.1) is 27.8 Å². The first-order valence-corrected chi connectivity index (χ1v) is 14.9. The van der Waals surface area contributed by atoms with Gasteiger partial charge in [-0.15, -0.1) is 0 Å². The van der Waals surface area contributed by atoms with Crippen molar-refractivity contribution in [2.75, 3.05) is 47.8 Å². The molecule has 1 aromatic heterocycles. The van der Waals surface area contributed by atoms with E-state index in [-0.39, 0.29) is 5.91 Å².